The fraction of sp³-hybridized carbons (Fsp3) is 0.233. The number of nitrogens with zero attached hydrogens (tertiary/aromatic N) is 3. The number of halogens is 4. The summed E-state index contributed by atoms with van der Waals surface area (Å²) >= 11 is 17.6. The summed E-state index contributed by atoms with van der Waals surface area (Å²) in [5, 5.41) is 31.3. The number of aromatic hydroxyl groups is 3. The lowest BCUT2D eigenvalue weighted by Crippen LogP contribution is -2.08. The van der Waals surface area contributed by atoms with E-state index in [-0.39, 0.29) is 79.0 Å². The van der Waals surface area contributed by atoms with E-state index in [1.54, 1.807) is 72.8 Å². The van der Waals surface area contributed by atoms with Crippen molar-refractivity contribution in [1.29, 1.82) is 0 Å². The Morgan fingerprint density at radius 1 is 0.591 bits per heavy atom. The van der Waals surface area contributed by atoms with Crippen LogP contribution < -0.4 is 4.74 Å². The van der Waals surface area contributed by atoms with Crippen LogP contribution in [0.1, 0.15) is 47.1 Å². The van der Waals surface area contributed by atoms with Crippen LogP contribution in [-0.2, 0) is 30.4 Å². The fourth-order valence-electron chi connectivity index (χ4n) is 5.48. The van der Waals surface area contributed by atoms with Gasteiger partial charge in [0, 0.05) is 74.8 Å². The fourth-order valence-corrected chi connectivity index (χ4v) is 7.43. The van der Waals surface area contributed by atoms with E-state index in [1.807, 2.05) is 0 Å². The molecule has 66 heavy (non-hydrogen) atoms. The standard InChI is InChI=1S/C16H15ClFNO4S.C16H16ClNO4S.C11H14ClNO5S/c17-12-4-2-11(3-5-12)16(19-8-1-9-24(21,22)23)14-10-13(18)6-7-15(14)20;17-13-8-6-12(7-9-13)16(14-4-1-2-5-15(14)19)18-10-3-11-23(20,21)22;1-18-10-6-9(12)5-8(11(10)14)7-13-3-2-4-19(15,16)17/h2-7,10,20H,1,8-9H2,(H,21,22,23);1-2,4-9,19H,3,10-11H2,(H,20,21,22);5-7,14H,2-4H2,1H3,(H,15,16,17). The molecule has 0 bridgehead atoms. The van der Waals surface area contributed by atoms with Gasteiger partial charge in [0.25, 0.3) is 30.4 Å². The lowest BCUT2D eigenvalue weighted by molar-refractivity contribution is 0.373. The summed E-state index contributed by atoms with van der Waals surface area (Å²) in [6, 6.07) is 26.8. The monoisotopic (exact) mass is 1030 g/mol. The minimum Gasteiger partial charge on any atom is -0.507 e. The van der Waals surface area contributed by atoms with Gasteiger partial charge in [-0.25, -0.2) is 4.39 Å². The third-order valence-electron chi connectivity index (χ3n) is 8.48. The number of ether oxygens (including phenoxy) is 1. The molecule has 0 aromatic heterocycles. The first-order valence-corrected chi connectivity index (χ1v) is 25.2. The Hall–Kier alpha value is -5.16. The highest BCUT2D eigenvalue weighted by molar-refractivity contribution is 7.86. The number of para-hydroxylation sites is 1. The largest absolute Gasteiger partial charge is 0.507 e. The molecule has 5 aromatic carbocycles. The minimum atomic E-state index is -4.07. The zero-order chi connectivity index (χ0) is 49.1. The lowest BCUT2D eigenvalue weighted by Gasteiger charge is -2.10. The van der Waals surface area contributed by atoms with Crippen molar-refractivity contribution in [2.45, 2.75) is 19.3 Å². The number of phenolic OH excluding ortho intramolecular Hbond substituents is 3. The van der Waals surface area contributed by atoms with Crippen LogP contribution in [0.4, 0.5) is 4.39 Å². The summed E-state index contributed by atoms with van der Waals surface area (Å²) in [6.45, 7) is 0.480. The maximum atomic E-state index is 13.5. The number of methoxy groups -OCH3 is 1. The number of benzene rings is 5. The van der Waals surface area contributed by atoms with E-state index in [0.29, 0.717) is 43.2 Å². The number of hydrogen-bond donors (Lipinski definition) is 6. The summed E-state index contributed by atoms with van der Waals surface area (Å²) in [6.07, 6.45) is 1.83. The Morgan fingerprint density at radius 3 is 1.52 bits per heavy atom. The predicted octanol–water partition coefficient (Wildman–Crippen LogP) is 8.21. The highest BCUT2D eigenvalue weighted by Gasteiger charge is 2.15. The molecule has 5 rings (SSSR count). The average molecular weight is 1030 g/mol. The topological polar surface area (TPSA) is 270 Å². The first-order chi connectivity index (χ1) is 31.0. The van der Waals surface area contributed by atoms with E-state index >= 15 is 0 Å². The van der Waals surface area contributed by atoms with Gasteiger partial charge in [-0.05, 0) is 79.9 Å². The van der Waals surface area contributed by atoms with Crippen LogP contribution in [0.3, 0.4) is 0 Å². The van der Waals surface area contributed by atoms with Gasteiger partial charge in [0.15, 0.2) is 11.5 Å². The highest BCUT2D eigenvalue weighted by Crippen LogP contribution is 2.32. The second-order valence-corrected chi connectivity index (χ2v) is 19.7. The molecule has 0 fully saturated rings. The molecule has 0 aliphatic heterocycles. The Balaban J connectivity index is 0.000000265. The van der Waals surface area contributed by atoms with Crippen LogP contribution in [0.15, 0.2) is 118 Å². The van der Waals surface area contributed by atoms with Gasteiger partial charge in [0.05, 0.1) is 35.8 Å². The van der Waals surface area contributed by atoms with E-state index in [9.17, 15) is 45.0 Å². The molecule has 16 nitrogen and oxygen atoms in total. The third kappa shape index (κ3) is 20.6. The summed E-state index contributed by atoms with van der Waals surface area (Å²) in [5.41, 5.74) is 3.28. The van der Waals surface area contributed by atoms with Crippen LogP contribution in [0.25, 0.3) is 0 Å². The van der Waals surface area contributed by atoms with Gasteiger partial charge in [-0.15, -0.1) is 0 Å². The van der Waals surface area contributed by atoms with Crippen molar-refractivity contribution in [3.8, 4) is 23.0 Å². The smallest absolute Gasteiger partial charge is 0.264 e. The normalized spacial score (nSPS) is 12.2. The van der Waals surface area contributed by atoms with Gasteiger partial charge in [0.1, 0.15) is 17.3 Å². The van der Waals surface area contributed by atoms with Crippen molar-refractivity contribution in [1.82, 2.24) is 0 Å². The lowest BCUT2D eigenvalue weighted by atomic mass is 10.0. The maximum absolute atomic E-state index is 13.5. The summed E-state index contributed by atoms with van der Waals surface area (Å²) in [7, 11) is -10.6. The summed E-state index contributed by atoms with van der Waals surface area (Å²) in [5.74, 6) is -1.62. The Labute approximate surface area is 397 Å². The molecule has 0 spiro atoms. The summed E-state index contributed by atoms with van der Waals surface area (Å²) in [4.78, 5) is 12.6. The van der Waals surface area contributed by atoms with Crippen LogP contribution >= 0.6 is 34.8 Å². The first kappa shape index (κ1) is 55.2. The molecule has 0 aliphatic rings. The predicted molar refractivity (Wildman–Crippen MR) is 255 cm³/mol. The molecule has 0 saturated heterocycles. The molecular formula is C43H45Cl3FN3O13S3. The van der Waals surface area contributed by atoms with Crippen molar-refractivity contribution in [3.63, 3.8) is 0 Å². The van der Waals surface area contributed by atoms with Crippen molar-refractivity contribution in [3.05, 3.63) is 152 Å². The Kier molecular flexibility index (Phi) is 21.9. The maximum Gasteiger partial charge on any atom is 0.264 e. The second kappa shape index (κ2) is 26.2. The summed E-state index contributed by atoms with van der Waals surface area (Å²) < 4.78 is 108. The Bertz CT molecular complexity index is 2830. The van der Waals surface area contributed by atoms with Gasteiger partial charge in [-0.2, -0.15) is 25.3 Å². The first-order valence-electron chi connectivity index (χ1n) is 19.3. The quantitative estimate of drug-likeness (QED) is 0.0275. The average Bonchev–Trinajstić information content (AvgIpc) is 3.23. The van der Waals surface area contributed by atoms with Gasteiger partial charge in [-0.1, -0.05) is 71.2 Å². The molecule has 0 radical (unpaired) electrons. The number of phenols is 3. The van der Waals surface area contributed by atoms with Gasteiger partial charge in [-0.3, -0.25) is 28.6 Å². The van der Waals surface area contributed by atoms with E-state index in [4.69, 9.17) is 53.2 Å². The minimum absolute atomic E-state index is 0.0771. The van der Waals surface area contributed by atoms with Gasteiger partial charge >= 0.3 is 0 Å². The molecule has 0 aliphatic carbocycles. The number of rotatable bonds is 18. The van der Waals surface area contributed by atoms with E-state index < -0.39 is 41.9 Å². The number of aliphatic imine (C=N–C) groups is 3. The van der Waals surface area contributed by atoms with Crippen LogP contribution in [0.5, 0.6) is 23.0 Å². The third-order valence-corrected chi connectivity index (χ3v) is 11.6. The van der Waals surface area contributed by atoms with Crippen LogP contribution in [-0.4, -0.2) is 116 Å². The molecular weight excluding hydrogens is 988 g/mol. The molecule has 356 valence electrons. The van der Waals surface area contributed by atoms with Crippen molar-refractivity contribution in [2.75, 3.05) is 44.0 Å². The molecule has 0 unspecified atom stereocenters. The molecule has 23 heteroatoms. The van der Waals surface area contributed by atoms with Gasteiger partial charge in [0.2, 0.25) is 0 Å². The van der Waals surface area contributed by atoms with E-state index in [1.165, 1.54) is 31.5 Å². The van der Waals surface area contributed by atoms with Crippen LogP contribution in [0.2, 0.25) is 15.1 Å². The van der Waals surface area contributed by atoms with E-state index in [2.05, 4.69) is 15.0 Å². The molecule has 0 saturated carbocycles. The Morgan fingerprint density at radius 2 is 1.05 bits per heavy atom. The van der Waals surface area contributed by atoms with Crippen LogP contribution in [0, 0.1) is 5.82 Å². The number of hydrogen-bond acceptors (Lipinski definition) is 13. The molecule has 0 amide bonds. The highest BCUT2D eigenvalue weighted by atomic mass is 35.5. The molecule has 5 aromatic rings. The van der Waals surface area contributed by atoms with Crippen molar-refractivity contribution < 1.29 is 63.4 Å². The van der Waals surface area contributed by atoms with Gasteiger partial charge < -0.3 is 20.1 Å². The molecule has 6 N–H and O–H groups in total. The molecule has 0 atom stereocenters. The van der Waals surface area contributed by atoms with Crippen molar-refractivity contribution in [2.24, 2.45) is 15.0 Å². The zero-order valence-electron chi connectivity index (χ0n) is 34.9. The second-order valence-electron chi connectivity index (χ2n) is 13.7. The SMILES string of the molecule is COc1cc(Cl)cc(C=NCCCS(=O)(=O)O)c1O.O=S(=O)(O)CCCN=C(c1ccc(Cl)cc1)c1cc(F)ccc1O.O=S(=O)(O)CCCN=C(c1ccc(Cl)cc1)c1ccccc1O. The van der Waals surface area contributed by atoms with Crippen molar-refractivity contribution >= 4 is 82.8 Å². The zero-order valence-corrected chi connectivity index (χ0v) is 39.6. The van der Waals surface area contributed by atoms with E-state index in [0.717, 1.165) is 17.7 Å². The molecule has 0 heterocycles.